The number of ether oxygens (including phenoxy) is 1. The van der Waals surface area contributed by atoms with Crippen LogP contribution < -0.4 is 10.1 Å². The molecule has 112 valence electrons. The van der Waals surface area contributed by atoms with Gasteiger partial charge in [0, 0.05) is 33.8 Å². The van der Waals surface area contributed by atoms with Crippen molar-refractivity contribution in [1.29, 1.82) is 0 Å². The van der Waals surface area contributed by atoms with E-state index >= 15 is 0 Å². The van der Waals surface area contributed by atoms with E-state index in [-0.39, 0.29) is 5.60 Å². The largest absolute Gasteiger partial charge is 0.487 e. The second-order valence-corrected chi connectivity index (χ2v) is 6.80. The van der Waals surface area contributed by atoms with E-state index in [1.807, 2.05) is 12.1 Å². The van der Waals surface area contributed by atoms with Gasteiger partial charge in [-0.25, -0.2) is 0 Å². The predicted molar refractivity (Wildman–Crippen MR) is 89.3 cm³/mol. The van der Waals surface area contributed by atoms with Gasteiger partial charge in [-0.1, -0.05) is 42.8 Å². The van der Waals surface area contributed by atoms with Gasteiger partial charge in [0.05, 0.1) is 0 Å². The summed E-state index contributed by atoms with van der Waals surface area (Å²) in [4.78, 5) is 0. The number of rotatable bonds is 3. The van der Waals surface area contributed by atoms with Gasteiger partial charge in [0.25, 0.3) is 0 Å². The van der Waals surface area contributed by atoms with Crippen LogP contribution in [0.5, 0.6) is 5.75 Å². The molecule has 2 aromatic rings. The van der Waals surface area contributed by atoms with Crippen LogP contribution in [0.25, 0.3) is 10.8 Å². The van der Waals surface area contributed by atoms with Gasteiger partial charge in [-0.15, -0.1) is 0 Å². The number of halogens is 1. The van der Waals surface area contributed by atoms with Crippen molar-refractivity contribution in [3.05, 3.63) is 40.9 Å². The average molecular weight is 304 g/mol. The number of hydrogen-bond acceptors (Lipinski definition) is 2. The molecule has 0 aliphatic carbocycles. The minimum absolute atomic E-state index is 0.172. The monoisotopic (exact) mass is 303 g/mol. The van der Waals surface area contributed by atoms with E-state index in [2.05, 4.69) is 44.3 Å². The molecule has 0 fully saturated rings. The van der Waals surface area contributed by atoms with Crippen molar-refractivity contribution < 1.29 is 4.74 Å². The third-order valence-corrected chi connectivity index (χ3v) is 4.38. The van der Waals surface area contributed by atoms with Gasteiger partial charge in [0.1, 0.15) is 11.4 Å². The van der Waals surface area contributed by atoms with Crippen molar-refractivity contribution in [3.8, 4) is 5.75 Å². The van der Waals surface area contributed by atoms with Gasteiger partial charge in [-0.05, 0) is 32.9 Å². The molecule has 0 amide bonds. The number of nitrogens with one attached hydrogen (secondary N) is 1. The van der Waals surface area contributed by atoms with Crippen LogP contribution in [0.3, 0.4) is 0 Å². The fourth-order valence-corrected chi connectivity index (χ4v) is 3.40. The minimum Gasteiger partial charge on any atom is -0.487 e. The van der Waals surface area contributed by atoms with Crippen molar-refractivity contribution in [1.82, 2.24) is 5.32 Å². The van der Waals surface area contributed by atoms with Crippen LogP contribution in [0.1, 0.15) is 45.2 Å². The molecule has 3 heteroatoms. The molecule has 21 heavy (non-hydrogen) atoms. The van der Waals surface area contributed by atoms with Gasteiger partial charge in [0.15, 0.2) is 0 Å². The van der Waals surface area contributed by atoms with Gasteiger partial charge < -0.3 is 10.1 Å². The second-order valence-electron chi connectivity index (χ2n) is 6.39. The molecule has 1 aliphatic rings. The maximum absolute atomic E-state index is 6.48. The van der Waals surface area contributed by atoms with Crippen LogP contribution in [0, 0.1) is 0 Å². The number of benzene rings is 2. The van der Waals surface area contributed by atoms with Crippen LogP contribution >= 0.6 is 11.6 Å². The highest BCUT2D eigenvalue weighted by Crippen LogP contribution is 2.45. The maximum Gasteiger partial charge on any atom is 0.132 e. The molecule has 1 unspecified atom stereocenters. The first-order valence-corrected chi connectivity index (χ1v) is 8.03. The molecule has 1 N–H and O–H groups in total. The summed E-state index contributed by atoms with van der Waals surface area (Å²) in [7, 11) is 0. The van der Waals surface area contributed by atoms with Crippen molar-refractivity contribution in [2.45, 2.75) is 45.3 Å². The summed E-state index contributed by atoms with van der Waals surface area (Å²) in [6.07, 6.45) is 2.07. The third-order valence-electron chi connectivity index (χ3n) is 4.06. The topological polar surface area (TPSA) is 21.3 Å². The Balaban J connectivity index is 2.17. The molecule has 0 saturated heterocycles. The van der Waals surface area contributed by atoms with Crippen LogP contribution in [0.4, 0.5) is 0 Å². The van der Waals surface area contributed by atoms with Crippen LogP contribution in [-0.4, -0.2) is 12.1 Å². The standard InChI is InChI=1S/C18H22ClNO/c1-4-9-20-16-11-18(2,3)21-17-13-8-6-5-7-12(13)15(19)10-14(16)17/h5-8,10,16,20H,4,9,11H2,1-3H3. The first kappa shape index (κ1) is 14.7. The zero-order valence-corrected chi connectivity index (χ0v) is 13.6. The summed E-state index contributed by atoms with van der Waals surface area (Å²) >= 11 is 6.48. The first-order valence-electron chi connectivity index (χ1n) is 7.65. The van der Waals surface area contributed by atoms with Crippen LogP contribution in [-0.2, 0) is 0 Å². The predicted octanol–water partition coefficient (Wildman–Crippen LogP) is 5.10. The lowest BCUT2D eigenvalue weighted by Crippen LogP contribution is -2.39. The Labute approximate surface area is 131 Å². The first-order chi connectivity index (χ1) is 10.0. The van der Waals surface area contributed by atoms with E-state index < -0.39 is 0 Å². The molecule has 3 rings (SSSR count). The Hall–Kier alpha value is -1.25. The molecule has 2 nitrogen and oxygen atoms in total. The van der Waals surface area contributed by atoms with E-state index in [1.54, 1.807) is 0 Å². The van der Waals surface area contributed by atoms with Gasteiger partial charge in [-0.2, -0.15) is 0 Å². The molecule has 0 saturated carbocycles. The van der Waals surface area contributed by atoms with E-state index in [0.29, 0.717) is 6.04 Å². The van der Waals surface area contributed by atoms with E-state index in [9.17, 15) is 0 Å². The van der Waals surface area contributed by atoms with E-state index in [1.165, 1.54) is 5.56 Å². The minimum atomic E-state index is -0.172. The Morgan fingerprint density at radius 1 is 1.29 bits per heavy atom. The Bertz CT molecular complexity index is 666. The lowest BCUT2D eigenvalue weighted by Gasteiger charge is -2.39. The zero-order valence-electron chi connectivity index (χ0n) is 12.9. The molecule has 1 atom stereocenters. The molecular formula is C18H22ClNO. The summed E-state index contributed by atoms with van der Waals surface area (Å²) in [5.41, 5.74) is 1.01. The second kappa shape index (κ2) is 5.51. The summed E-state index contributed by atoms with van der Waals surface area (Å²) in [6.45, 7) is 7.50. The Kier molecular flexibility index (Phi) is 3.85. The lowest BCUT2D eigenvalue weighted by atomic mass is 9.88. The quantitative estimate of drug-likeness (QED) is 0.852. The number of fused-ring (bicyclic) bond motifs is 3. The highest BCUT2D eigenvalue weighted by Gasteiger charge is 2.34. The smallest absolute Gasteiger partial charge is 0.132 e. The summed E-state index contributed by atoms with van der Waals surface area (Å²) < 4.78 is 6.30. The van der Waals surface area contributed by atoms with Crippen molar-refractivity contribution in [2.75, 3.05) is 6.54 Å². The Morgan fingerprint density at radius 3 is 2.71 bits per heavy atom. The summed E-state index contributed by atoms with van der Waals surface area (Å²) in [5, 5.41) is 6.61. The highest BCUT2D eigenvalue weighted by molar-refractivity contribution is 6.36. The lowest BCUT2D eigenvalue weighted by molar-refractivity contribution is 0.0682. The molecule has 0 spiro atoms. The molecule has 0 aromatic heterocycles. The SMILES string of the molecule is CCCNC1CC(C)(C)Oc2c1cc(Cl)c1ccccc21. The summed E-state index contributed by atoms with van der Waals surface area (Å²) in [6, 6.07) is 10.6. The van der Waals surface area contributed by atoms with Gasteiger partial charge in [0.2, 0.25) is 0 Å². The average Bonchev–Trinajstić information content (AvgIpc) is 2.46. The van der Waals surface area contributed by atoms with Crippen molar-refractivity contribution >= 4 is 22.4 Å². The molecular weight excluding hydrogens is 282 g/mol. The van der Waals surface area contributed by atoms with Crippen molar-refractivity contribution in [3.63, 3.8) is 0 Å². The van der Waals surface area contributed by atoms with Gasteiger partial charge >= 0.3 is 0 Å². The molecule has 1 heterocycles. The summed E-state index contributed by atoms with van der Waals surface area (Å²) in [5.74, 6) is 0.986. The number of hydrogen-bond donors (Lipinski definition) is 1. The third kappa shape index (κ3) is 2.75. The Morgan fingerprint density at radius 2 is 2.00 bits per heavy atom. The molecule has 1 aliphatic heterocycles. The molecule has 2 aromatic carbocycles. The maximum atomic E-state index is 6.48. The van der Waals surface area contributed by atoms with Crippen LogP contribution in [0.2, 0.25) is 5.02 Å². The van der Waals surface area contributed by atoms with E-state index in [4.69, 9.17) is 16.3 Å². The molecule has 0 radical (unpaired) electrons. The highest BCUT2D eigenvalue weighted by atomic mass is 35.5. The normalized spacial score (nSPS) is 20.1. The van der Waals surface area contributed by atoms with Crippen LogP contribution in [0.15, 0.2) is 30.3 Å². The fourth-order valence-electron chi connectivity index (χ4n) is 3.12. The fraction of sp³-hybridized carbons (Fsp3) is 0.444. The van der Waals surface area contributed by atoms with Gasteiger partial charge in [-0.3, -0.25) is 0 Å². The van der Waals surface area contributed by atoms with E-state index in [0.717, 1.165) is 40.9 Å². The van der Waals surface area contributed by atoms with Crippen molar-refractivity contribution in [2.24, 2.45) is 0 Å². The molecule has 0 bridgehead atoms. The zero-order chi connectivity index (χ0) is 15.0.